The van der Waals surface area contributed by atoms with Crippen LogP contribution in [-0.2, 0) is 4.79 Å². The van der Waals surface area contributed by atoms with Gasteiger partial charge in [-0.25, -0.2) is 9.59 Å². The van der Waals surface area contributed by atoms with Gasteiger partial charge < -0.3 is 14.9 Å². The van der Waals surface area contributed by atoms with Crippen LogP contribution in [0, 0.1) is 5.92 Å². The van der Waals surface area contributed by atoms with Crippen molar-refractivity contribution in [2.24, 2.45) is 5.92 Å². The Morgan fingerprint density at radius 2 is 1.68 bits per heavy atom. The Morgan fingerprint density at radius 1 is 1.16 bits per heavy atom. The van der Waals surface area contributed by atoms with Gasteiger partial charge in [-0.05, 0) is 33.6 Å². The first-order valence-corrected chi connectivity index (χ1v) is 7.02. The van der Waals surface area contributed by atoms with Crippen LogP contribution in [0.15, 0.2) is 0 Å². The number of carbonyl (C=O) groups is 2. The summed E-state index contributed by atoms with van der Waals surface area (Å²) in [6.45, 7) is 12.7. The van der Waals surface area contributed by atoms with E-state index in [1.54, 1.807) is 25.7 Å². The maximum atomic E-state index is 12.5. The van der Waals surface area contributed by atoms with E-state index in [1.165, 1.54) is 4.90 Å². The lowest BCUT2D eigenvalue weighted by Gasteiger charge is -2.38. The molecule has 0 aromatic heterocycles. The van der Waals surface area contributed by atoms with Gasteiger partial charge in [0.15, 0.2) is 0 Å². The van der Waals surface area contributed by atoms with Crippen LogP contribution in [-0.4, -0.2) is 52.1 Å². The normalized spacial score (nSPS) is 12.9. The Bertz CT molecular complexity index is 316. The molecule has 0 aliphatic heterocycles. The first kappa shape index (κ1) is 17.7. The zero-order valence-corrected chi connectivity index (χ0v) is 13.1. The lowest BCUT2D eigenvalue weighted by molar-refractivity contribution is -0.147. The van der Waals surface area contributed by atoms with E-state index in [1.807, 2.05) is 6.92 Å². The first-order valence-electron chi connectivity index (χ1n) is 7.02. The van der Waals surface area contributed by atoms with Crippen LogP contribution < -0.4 is 0 Å². The minimum Gasteiger partial charge on any atom is -0.480 e. The summed E-state index contributed by atoms with van der Waals surface area (Å²) in [7, 11) is 0. The number of urea groups is 1. The minimum absolute atomic E-state index is 0.197. The number of carboxylic acid groups (broad SMARTS) is 1. The largest absolute Gasteiger partial charge is 0.480 e. The van der Waals surface area contributed by atoms with Crippen LogP contribution in [0.5, 0.6) is 0 Å². The highest BCUT2D eigenvalue weighted by molar-refractivity contribution is 5.85. The second kappa shape index (κ2) is 7.36. The van der Waals surface area contributed by atoms with Gasteiger partial charge in [-0.15, -0.1) is 0 Å². The molecule has 0 heterocycles. The fourth-order valence-corrected chi connectivity index (χ4v) is 1.90. The summed E-state index contributed by atoms with van der Waals surface area (Å²) in [5, 5.41) is 9.26. The van der Waals surface area contributed by atoms with Gasteiger partial charge in [-0.2, -0.15) is 0 Å². The molecule has 1 unspecified atom stereocenters. The molecule has 0 saturated heterocycles. The summed E-state index contributed by atoms with van der Waals surface area (Å²) in [6, 6.07) is -0.197. The highest BCUT2D eigenvalue weighted by atomic mass is 16.4. The maximum absolute atomic E-state index is 12.5. The average molecular weight is 272 g/mol. The summed E-state index contributed by atoms with van der Waals surface area (Å²) in [4.78, 5) is 26.9. The van der Waals surface area contributed by atoms with Crippen LogP contribution in [0.4, 0.5) is 4.79 Å². The fraction of sp³-hybridized carbons (Fsp3) is 0.857. The van der Waals surface area contributed by atoms with Crippen molar-refractivity contribution in [1.29, 1.82) is 0 Å². The molecule has 19 heavy (non-hydrogen) atoms. The molecule has 0 aliphatic carbocycles. The minimum atomic E-state index is -1.19. The lowest BCUT2D eigenvalue weighted by Crippen LogP contribution is -2.57. The molecule has 0 aromatic carbocycles. The summed E-state index contributed by atoms with van der Waals surface area (Å²) < 4.78 is 0. The third-order valence-corrected chi connectivity index (χ3v) is 3.63. The topological polar surface area (TPSA) is 60.9 Å². The van der Waals surface area contributed by atoms with Crippen molar-refractivity contribution in [2.75, 3.05) is 19.6 Å². The number of carboxylic acids is 1. The van der Waals surface area contributed by atoms with Gasteiger partial charge in [0.05, 0.1) is 0 Å². The fourth-order valence-electron chi connectivity index (χ4n) is 1.90. The van der Waals surface area contributed by atoms with Crippen molar-refractivity contribution in [2.45, 2.75) is 53.5 Å². The van der Waals surface area contributed by atoms with E-state index in [9.17, 15) is 14.7 Å². The number of likely N-dealkylation sites (N-methyl/N-ethyl adjacent to an activating group) is 1. The van der Waals surface area contributed by atoms with Crippen molar-refractivity contribution in [3.05, 3.63) is 0 Å². The maximum Gasteiger partial charge on any atom is 0.329 e. The number of nitrogens with zero attached hydrogens (tertiary/aromatic N) is 2. The van der Waals surface area contributed by atoms with E-state index in [2.05, 4.69) is 13.8 Å². The van der Waals surface area contributed by atoms with E-state index in [0.717, 1.165) is 6.42 Å². The smallest absolute Gasteiger partial charge is 0.329 e. The van der Waals surface area contributed by atoms with Crippen LogP contribution >= 0.6 is 0 Å². The molecule has 0 spiro atoms. The number of amides is 2. The van der Waals surface area contributed by atoms with Gasteiger partial charge in [-0.1, -0.05) is 20.3 Å². The zero-order valence-electron chi connectivity index (χ0n) is 13.1. The molecule has 0 aliphatic rings. The molecule has 5 heteroatoms. The average Bonchev–Trinajstić information content (AvgIpc) is 2.35. The van der Waals surface area contributed by atoms with Gasteiger partial charge >= 0.3 is 12.0 Å². The number of carbonyl (C=O) groups excluding carboxylic acids is 1. The van der Waals surface area contributed by atoms with Gasteiger partial charge in [-0.3, -0.25) is 0 Å². The summed E-state index contributed by atoms with van der Waals surface area (Å²) in [6.07, 6.45) is 0.998. The van der Waals surface area contributed by atoms with Crippen LogP contribution in [0.2, 0.25) is 0 Å². The van der Waals surface area contributed by atoms with E-state index < -0.39 is 11.5 Å². The predicted molar refractivity (Wildman–Crippen MR) is 76.2 cm³/mol. The highest BCUT2D eigenvalue weighted by Gasteiger charge is 2.38. The van der Waals surface area contributed by atoms with Crippen LogP contribution in [0.1, 0.15) is 48.0 Å². The van der Waals surface area contributed by atoms with Crippen molar-refractivity contribution in [1.82, 2.24) is 9.80 Å². The number of hydrogen-bond acceptors (Lipinski definition) is 2. The predicted octanol–water partition coefficient (Wildman–Crippen LogP) is 2.66. The van der Waals surface area contributed by atoms with Crippen molar-refractivity contribution in [3.63, 3.8) is 0 Å². The summed E-state index contributed by atoms with van der Waals surface area (Å²) in [5.41, 5.74) is -1.19. The standard InChI is InChI=1S/C14H28N2O3/c1-7-11(4)10-15(8-2)13(19)16(9-3)14(5,6)12(17)18/h11H,7-10H2,1-6H3,(H,17,18). The molecule has 112 valence electrons. The Hall–Kier alpha value is -1.26. The molecule has 5 nitrogen and oxygen atoms in total. The third-order valence-electron chi connectivity index (χ3n) is 3.63. The molecular formula is C14H28N2O3. The number of rotatable bonds is 7. The zero-order chi connectivity index (χ0) is 15.2. The molecule has 0 aromatic rings. The molecule has 1 N–H and O–H groups in total. The third kappa shape index (κ3) is 4.40. The van der Waals surface area contributed by atoms with Crippen molar-refractivity contribution < 1.29 is 14.7 Å². The van der Waals surface area contributed by atoms with Gasteiger partial charge in [0, 0.05) is 19.6 Å². The molecule has 2 amide bonds. The molecule has 1 atom stereocenters. The van der Waals surface area contributed by atoms with Crippen LogP contribution in [0.3, 0.4) is 0 Å². The summed E-state index contributed by atoms with van der Waals surface area (Å²) in [5.74, 6) is -0.571. The molecule has 0 bridgehead atoms. The molecule has 0 rings (SSSR count). The molecule has 0 radical (unpaired) electrons. The van der Waals surface area contributed by atoms with Gasteiger partial charge in [0.25, 0.3) is 0 Å². The molecule has 0 saturated carbocycles. The molecule has 0 fully saturated rings. The molecular weight excluding hydrogens is 244 g/mol. The monoisotopic (exact) mass is 272 g/mol. The van der Waals surface area contributed by atoms with E-state index in [4.69, 9.17) is 0 Å². The second-order valence-electron chi connectivity index (χ2n) is 5.44. The Balaban J connectivity index is 5.05. The second-order valence-corrected chi connectivity index (χ2v) is 5.44. The SMILES string of the molecule is CCC(C)CN(CC)C(=O)N(CC)C(C)(C)C(=O)O. The van der Waals surface area contributed by atoms with E-state index in [0.29, 0.717) is 25.6 Å². The highest BCUT2D eigenvalue weighted by Crippen LogP contribution is 2.18. The van der Waals surface area contributed by atoms with Gasteiger partial charge in [0.2, 0.25) is 0 Å². The number of hydrogen-bond donors (Lipinski definition) is 1. The van der Waals surface area contributed by atoms with Crippen LogP contribution in [0.25, 0.3) is 0 Å². The van der Waals surface area contributed by atoms with Crippen molar-refractivity contribution in [3.8, 4) is 0 Å². The van der Waals surface area contributed by atoms with E-state index in [-0.39, 0.29) is 6.03 Å². The first-order chi connectivity index (χ1) is 8.72. The Labute approximate surface area is 116 Å². The number of aliphatic carboxylic acids is 1. The quantitative estimate of drug-likeness (QED) is 0.775. The van der Waals surface area contributed by atoms with Gasteiger partial charge in [0.1, 0.15) is 5.54 Å². The summed E-state index contributed by atoms with van der Waals surface area (Å²) >= 11 is 0. The Kier molecular flexibility index (Phi) is 6.87. The Morgan fingerprint density at radius 3 is 2.00 bits per heavy atom. The lowest BCUT2D eigenvalue weighted by atomic mass is 10.0. The van der Waals surface area contributed by atoms with Crippen molar-refractivity contribution >= 4 is 12.0 Å². The van der Waals surface area contributed by atoms with E-state index >= 15 is 0 Å².